The molecule has 0 heterocycles. The molecule has 12 heavy (non-hydrogen) atoms. The van der Waals surface area contributed by atoms with E-state index < -0.39 is 0 Å². The number of allylic oxidation sites excluding steroid dienone is 2. The second-order valence-corrected chi connectivity index (χ2v) is 4.01. The molecule has 2 rings (SSSR count). The highest BCUT2D eigenvalue weighted by Gasteiger charge is 2.27. The fraction of sp³-hybridized carbons (Fsp3) is 0.727. The van der Waals surface area contributed by atoms with Gasteiger partial charge in [0.25, 0.3) is 0 Å². The first-order chi connectivity index (χ1) is 5.92. The minimum atomic E-state index is 0.285. The highest BCUT2D eigenvalue weighted by atomic mass is 16.1. The van der Waals surface area contributed by atoms with Crippen molar-refractivity contribution in [3.05, 3.63) is 11.6 Å². The van der Waals surface area contributed by atoms with Crippen LogP contribution < -0.4 is 0 Å². The predicted molar refractivity (Wildman–Crippen MR) is 48.8 cm³/mol. The van der Waals surface area contributed by atoms with Gasteiger partial charge in [-0.15, -0.1) is 0 Å². The molecule has 0 spiro atoms. The number of aldehydes is 1. The highest BCUT2D eigenvalue weighted by molar-refractivity contribution is 5.60. The Balaban J connectivity index is 2.05. The molecule has 0 aromatic carbocycles. The van der Waals surface area contributed by atoms with Gasteiger partial charge in [-0.1, -0.05) is 24.5 Å². The Bertz CT molecular complexity index is 199. The molecule has 2 aliphatic carbocycles. The molecule has 1 atom stereocenters. The molecule has 0 N–H and O–H groups in total. The summed E-state index contributed by atoms with van der Waals surface area (Å²) in [4.78, 5) is 10.7. The molecule has 2 aliphatic rings. The van der Waals surface area contributed by atoms with Crippen LogP contribution in [0, 0.1) is 11.8 Å². The average Bonchev–Trinajstić information content (AvgIpc) is 2.74. The molecule has 1 heteroatoms. The van der Waals surface area contributed by atoms with E-state index in [0.717, 1.165) is 25.0 Å². The Hall–Kier alpha value is -0.590. The number of carbonyl (C=O) groups excluding carboxylic acids is 1. The minimum absolute atomic E-state index is 0.285. The second-order valence-electron chi connectivity index (χ2n) is 4.01. The largest absolute Gasteiger partial charge is 0.303 e. The highest BCUT2D eigenvalue weighted by Crippen LogP contribution is 2.38. The van der Waals surface area contributed by atoms with Crippen molar-refractivity contribution >= 4 is 6.29 Å². The van der Waals surface area contributed by atoms with Crippen molar-refractivity contribution in [2.24, 2.45) is 11.8 Å². The van der Waals surface area contributed by atoms with Gasteiger partial charge < -0.3 is 4.79 Å². The van der Waals surface area contributed by atoms with Crippen LogP contribution in [0.5, 0.6) is 0 Å². The maximum atomic E-state index is 10.7. The monoisotopic (exact) mass is 164 g/mol. The van der Waals surface area contributed by atoms with Crippen molar-refractivity contribution in [1.29, 1.82) is 0 Å². The van der Waals surface area contributed by atoms with Crippen LogP contribution in [0.2, 0.25) is 0 Å². The Kier molecular flexibility index (Phi) is 2.29. The van der Waals surface area contributed by atoms with Gasteiger partial charge in [-0.25, -0.2) is 0 Å². The quantitative estimate of drug-likeness (QED) is 0.453. The number of carbonyl (C=O) groups is 1. The fourth-order valence-electron chi connectivity index (χ4n) is 2.62. The lowest BCUT2D eigenvalue weighted by atomic mass is 9.90. The normalized spacial score (nSPS) is 30.7. The van der Waals surface area contributed by atoms with Crippen LogP contribution in [0.4, 0.5) is 0 Å². The van der Waals surface area contributed by atoms with Crippen LogP contribution in [-0.2, 0) is 4.79 Å². The van der Waals surface area contributed by atoms with E-state index in [1.807, 2.05) is 0 Å². The van der Waals surface area contributed by atoms with Gasteiger partial charge in [0.15, 0.2) is 0 Å². The third kappa shape index (κ3) is 1.33. The molecule has 0 saturated heterocycles. The number of hydrogen-bond donors (Lipinski definition) is 0. The summed E-state index contributed by atoms with van der Waals surface area (Å²) < 4.78 is 0. The summed E-state index contributed by atoms with van der Waals surface area (Å²) in [5.74, 6) is 1.05. The molecule has 0 aromatic rings. The van der Waals surface area contributed by atoms with Crippen LogP contribution >= 0.6 is 0 Å². The van der Waals surface area contributed by atoms with E-state index in [1.54, 1.807) is 0 Å². The molecule has 0 bridgehead atoms. The van der Waals surface area contributed by atoms with Crippen molar-refractivity contribution in [3.63, 3.8) is 0 Å². The van der Waals surface area contributed by atoms with E-state index in [0.29, 0.717) is 0 Å². The third-order valence-corrected chi connectivity index (χ3v) is 3.28. The van der Waals surface area contributed by atoms with Crippen LogP contribution in [0.25, 0.3) is 0 Å². The van der Waals surface area contributed by atoms with E-state index in [-0.39, 0.29) is 5.92 Å². The lowest BCUT2D eigenvalue weighted by Crippen LogP contribution is -2.08. The molecule has 0 aliphatic heterocycles. The topological polar surface area (TPSA) is 17.1 Å². The average molecular weight is 164 g/mol. The van der Waals surface area contributed by atoms with Crippen LogP contribution in [0.3, 0.4) is 0 Å². The van der Waals surface area contributed by atoms with Gasteiger partial charge in [0.05, 0.1) is 0 Å². The molecule has 1 nitrogen and oxygen atoms in total. The Morgan fingerprint density at radius 1 is 1.25 bits per heavy atom. The molecule has 0 aromatic heterocycles. The van der Waals surface area contributed by atoms with Crippen molar-refractivity contribution in [1.82, 2.24) is 0 Å². The second kappa shape index (κ2) is 3.42. The molecular formula is C11H16O. The van der Waals surface area contributed by atoms with E-state index in [2.05, 4.69) is 6.08 Å². The molecule has 1 saturated carbocycles. The number of rotatable bonds is 2. The van der Waals surface area contributed by atoms with Crippen LogP contribution in [0.15, 0.2) is 11.6 Å². The third-order valence-electron chi connectivity index (χ3n) is 3.28. The van der Waals surface area contributed by atoms with Gasteiger partial charge in [-0.05, 0) is 31.6 Å². The van der Waals surface area contributed by atoms with Gasteiger partial charge in [0.2, 0.25) is 0 Å². The van der Waals surface area contributed by atoms with Gasteiger partial charge in [0, 0.05) is 5.92 Å². The molecule has 1 fully saturated rings. The summed E-state index contributed by atoms with van der Waals surface area (Å²) in [5.41, 5.74) is 1.47. The first-order valence-electron chi connectivity index (χ1n) is 5.07. The summed E-state index contributed by atoms with van der Waals surface area (Å²) in [6.07, 6.45) is 11.1. The summed E-state index contributed by atoms with van der Waals surface area (Å²) >= 11 is 0. The lowest BCUT2D eigenvalue weighted by Gasteiger charge is -2.14. The molecular weight excluding hydrogens is 148 g/mol. The fourth-order valence-corrected chi connectivity index (χ4v) is 2.62. The van der Waals surface area contributed by atoms with E-state index in [9.17, 15) is 4.79 Å². The van der Waals surface area contributed by atoms with Crippen molar-refractivity contribution in [2.45, 2.75) is 38.5 Å². The standard InChI is InChI=1S/C11H16O/c12-8-10-6-3-7-11(10)9-4-1-2-5-9/h7-10H,1-6H2. The van der Waals surface area contributed by atoms with Gasteiger partial charge >= 0.3 is 0 Å². The zero-order valence-electron chi connectivity index (χ0n) is 7.46. The maximum absolute atomic E-state index is 10.7. The molecule has 0 radical (unpaired) electrons. The number of hydrogen-bond acceptors (Lipinski definition) is 1. The summed E-state index contributed by atoms with van der Waals surface area (Å²) in [6.45, 7) is 0. The van der Waals surface area contributed by atoms with Gasteiger partial charge in [-0.2, -0.15) is 0 Å². The molecule has 0 amide bonds. The molecule has 66 valence electrons. The van der Waals surface area contributed by atoms with Crippen molar-refractivity contribution in [3.8, 4) is 0 Å². The first-order valence-corrected chi connectivity index (χ1v) is 5.07. The summed E-state index contributed by atoms with van der Waals surface area (Å²) in [5, 5.41) is 0. The predicted octanol–water partition coefficient (Wildman–Crippen LogP) is 2.71. The van der Waals surface area contributed by atoms with E-state index in [4.69, 9.17) is 0 Å². The summed E-state index contributed by atoms with van der Waals surface area (Å²) in [6, 6.07) is 0. The van der Waals surface area contributed by atoms with Crippen molar-refractivity contribution < 1.29 is 4.79 Å². The van der Waals surface area contributed by atoms with E-state index in [1.165, 1.54) is 31.3 Å². The van der Waals surface area contributed by atoms with Crippen LogP contribution in [-0.4, -0.2) is 6.29 Å². The SMILES string of the molecule is O=CC1CCC=C1C1CCCC1. The smallest absolute Gasteiger partial charge is 0.127 e. The van der Waals surface area contributed by atoms with Crippen molar-refractivity contribution in [2.75, 3.05) is 0 Å². The summed E-state index contributed by atoms with van der Waals surface area (Å²) in [7, 11) is 0. The van der Waals surface area contributed by atoms with Gasteiger partial charge in [0.1, 0.15) is 6.29 Å². The lowest BCUT2D eigenvalue weighted by molar-refractivity contribution is -0.110. The zero-order valence-corrected chi connectivity index (χ0v) is 7.46. The Morgan fingerprint density at radius 2 is 2.00 bits per heavy atom. The molecule has 1 unspecified atom stereocenters. The Labute approximate surface area is 73.8 Å². The zero-order chi connectivity index (χ0) is 8.39. The Morgan fingerprint density at radius 3 is 2.67 bits per heavy atom. The van der Waals surface area contributed by atoms with Crippen LogP contribution in [0.1, 0.15) is 38.5 Å². The van der Waals surface area contributed by atoms with E-state index >= 15 is 0 Å². The minimum Gasteiger partial charge on any atom is -0.303 e. The maximum Gasteiger partial charge on any atom is 0.127 e. The van der Waals surface area contributed by atoms with Gasteiger partial charge in [-0.3, -0.25) is 0 Å². The first kappa shape index (κ1) is 8.03.